The van der Waals surface area contributed by atoms with Gasteiger partial charge in [0, 0.05) is 13.7 Å². The van der Waals surface area contributed by atoms with E-state index in [4.69, 9.17) is 5.11 Å². The second-order valence-electron chi connectivity index (χ2n) is 3.92. The fourth-order valence-electron chi connectivity index (χ4n) is 1.50. The number of hydrogen-bond acceptors (Lipinski definition) is 3. The average Bonchev–Trinajstić information content (AvgIpc) is 2.76. The second-order valence-corrected chi connectivity index (χ2v) is 3.92. The van der Waals surface area contributed by atoms with E-state index in [0.29, 0.717) is 6.61 Å². The molecule has 1 saturated heterocycles. The van der Waals surface area contributed by atoms with E-state index < -0.39 is 5.97 Å². The molecule has 0 aromatic heterocycles. The minimum atomic E-state index is -0.818. The number of methoxy groups -OCH3 is 1. The quantitative estimate of drug-likeness (QED) is 0.829. The molecule has 0 radical (unpaired) electrons. The summed E-state index contributed by atoms with van der Waals surface area (Å²) < 4.78 is 4.47. The molecule has 1 N–H and O–H groups in total. The zero-order valence-electron chi connectivity index (χ0n) is 12.0. The first-order valence-corrected chi connectivity index (χ1v) is 6.53. The number of carboxylic acids is 1. The van der Waals surface area contributed by atoms with Gasteiger partial charge in [-0.05, 0) is 25.4 Å². The Morgan fingerprint density at radius 2 is 2.06 bits per heavy atom. The first kappa shape index (κ1) is 18.7. The molecule has 4 nitrogen and oxygen atoms in total. The maximum atomic E-state index is 9.68. The Bertz CT molecular complexity index is 174. The van der Waals surface area contributed by atoms with Crippen LogP contribution in [0.3, 0.4) is 0 Å². The summed E-state index contributed by atoms with van der Waals surface area (Å²) >= 11 is 0. The van der Waals surface area contributed by atoms with Gasteiger partial charge in [0.1, 0.15) is 0 Å². The molecule has 1 fully saturated rings. The Morgan fingerprint density at radius 1 is 1.47 bits per heavy atom. The molecule has 0 amide bonds. The van der Waals surface area contributed by atoms with E-state index in [1.54, 1.807) is 0 Å². The van der Waals surface area contributed by atoms with Crippen LogP contribution in [0.5, 0.6) is 0 Å². The van der Waals surface area contributed by atoms with Crippen molar-refractivity contribution in [3.8, 4) is 0 Å². The van der Waals surface area contributed by atoms with Crippen LogP contribution in [0.1, 0.15) is 40.5 Å². The number of hydrogen-bond donors (Lipinski definition) is 1. The smallest absolute Gasteiger partial charge is 0.305 e. The molecule has 0 aromatic carbocycles. The fraction of sp³-hybridized carbons (Fsp3) is 0.923. The molecule has 1 aliphatic rings. The van der Waals surface area contributed by atoms with Crippen LogP contribution in [0.25, 0.3) is 0 Å². The van der Waals surface area contributed by atoms with Gasteiger partial charge in [-0.25, -0.2) is 0 Å². The molecule has 1 heterocycles. The van der Waals surface area contributed by atoms with E-state index in [1.807, 2.05) is 13.8 Å². The molecular weight excluding hydrogens is 218 g/mol. The van der Waals surface area contributed by atoms with Crippen molar-refractivity contribution in [2.75, 3.05) is 33.4 Å². The summed E-state index contributed by atoms with van der Waals surface area (Å²) in [6.07, 6.45) is 1.50. The van der Waals surface area contributed by atoms with Gasteiger partial charge in [-0.1, -0.05) is 27.7 Å². The molecule has 0 bridgehead atoms. The van der Waals surface area contributed by atoms with Crippen LogP contribution in [-0.2, 0) is 9.53 Å². The summed E-state index contributed by atoms with van der Waals surface area (Å²) in [5.41, 5.74) is 0. The number of likely N-dealkylation sites (tertiary alicyclic amines) is 1. The highest BCUT2D eigenvalue weighted by molar-refractivity contribution is 5.66. The number of carbonyl (C=O) groups is 1. The lowest BCUT2D eigenvalue weighted by Crippen LogP contribution is -2.18. The van der Waals surface area contributed by atoms with Crippen molar-refractivity contribution in [3.63, 3.8) is 0 Å². The highest BCUT2D eigenvalue weighted by Gasteiger charge is 2.15. The van der Waals surface area contributed by atoms with E-state index in [1.165, 1.54) is 33.2 Å². The summed E-state index contributed by atoms with van der Waals surface area (Å²) in [5, 5.41) is 7.96. The lowest BCUT2D eigenvalue weighted by Gasteiger charge is -2.09. The lowest BCUT2D eigenvalue weighted by atomic mass is 10.2. The van der Waals surface area contributed by atoms with Crippen molar-refractivity contribution in [2.24, 2.45) is 5.92 Å². The van der Waals surface area contributed by atoms with Gasteiger partial charge in [0.25, 0.3) is 0 Å². The van der Waals surface area contributed by atoms with E-state index in [-0.39, 0.29) is 6.42 Å². The molecular formula is C13H29NO3. The monoisotopic (exact) mass is 247 g/mol. The van der Waals surface area contributed by atoms with Crippen molar-refractivity contribution in [1.82, 2.24) is 4.90 Å². The van der Waals surface area contributed by atoms with Crippen molar-refractivity contribution >= 4 is 5.97 Å². The van der Waals surface area contributed by atoms with Gasteiger partial charge in [-0.15, -0.1) is 0 Å². The van der Waals surface area contributed by atoms with E-state index in [0.717, 1.165) is 5.92 Å². The summed E-state index contributed by atoms with van der Waals surface area (Å²) in [7, 11) is 1.48. The first-order valence-electron chi connectivity index (χ1n) is 6.53. The minimum Gasteiger partial charge on any atom is -0.481 e. The minimum absolute atomic E-state index is 0.0938. The third kappa shape index (κ3) is 13.3. The van der Waals surface area contributed by atoms with Crippen molar-refractivity contribution in [2.45, 2.75) is 40.5 Å². The number of aliphatic carboxylic acids is 1. The van der Waals surface area contributed by atoms with E-state index in [2.05, 4.69) is 23.5 Å². The molecule has 0 saturated carbocycles. The Balaban J connectivity index is 0. The van der Waals surface area contributed by atoms with Gasteiger partial charge in [0.2, 0.25) is 0 Å². The van der Waals surface area contributed by atoms with Gasteiger partial charge in [0.15, 0.2) is 0 Å². The summed E-state index contributed by atoms with van der Waals surface area (Å²) in [4.78, 5) is 12.2. The average molecular weight is 247 g/mol. The standard InChI is InChI=1S/C7H15N.C4H8O3.C2H6/c1-3-8-5-4-7(2)6-8;1-7-3-2-4(5)6;1-2/h7H,3-6H2,1-2H3;2-3H2,1H3,(H,5,6);1-2H3. The summed E-state index contributed by atoms with van der Waals surface area (Å²) in [5.74, 6) is 0.136. The Hall–Kier alpha value is -0.610. The molecule has 1 unspecified atom stereocenters. The molecule has 4 heteroatoms. The number of nitrogens with zero attached hydrogens (tertiary/aromatic N) is 1. The maximum absolute atomic E-state index is 9.68. The number of carboxylic acid groups (broad SMARTS) is 1. The Labute approximate surface area is 106 Å². The van der Waals surface area contributed by atoms with Gasteiger partial charge in [-0.2, -0.15) is 0 Å². The van der Waals surface area contributed by atoms with Crippen LogP contribution in [-0.4, -0.2) is 49.3 Å². The molecule has 0 spiro atoms. The topological polar surface area (TPSA) is 49.8 Å². The van der Waals surface area contributed by atoms with Gasteiger partial charge < -0.3 is 14.7 Å². The Morgan fingerprint density at radius 3 is 2.24 bits per heavy atom. The van der Waals surface area contributed by atoms with Crippen LogP contribution >= 0.6 is 0 Å². The third-order valence-electron chi connectivity index (χ3n) is 2.48. The van der Waals surface area contributed by atoms with Gasteiger partial charge >= 0.3 is 5.97 Å². The van der Waals surface area contributed by atoms with Crippen LogP contribution in [0.15, 0.2) is 0 Å². The van der Waals surface area contributed by atoms with Crippen molar-refractivity contribution < 1.29 is 14.6 Å². The predicted molar refractivity (Wildman–Crippen MR) is 71.4 cm³/mol. The number of ether oxygens (including phenoxy) is 1. The molecule has 104 valence electrons. The maximum Gasteiger partial charge on any atom is 0.305 e. The van der Waals surface area contributed by atoms with Crippen LogP contribution in [0, 0.1) is 5.92 Å². The van der Waals surface area contributed by atoms with E-state index in [9.17, 15) is 4.79 Å². The first-order chi connectivity index (χ1) is 8.10. The molecule has 1 atom stereocenters. The third-order valence-corrected chi connectivity index (χ3v) is 2.48. The van der Waals surface area contributed by atoms with Gasteiger partial charge in [-0.3, -0.25) is 4.79 Å². The SMILES string of the molecule is CC.CCN1CCC(C)C1.COCCC(=O)O. The molecule has 0 aromatic rings. The van der Waals surface area contributed by atoms with Crippen molar-refractivity contribution in [3.05, 3.63) is 0 Å². The largest absolute Gasteiger partial charge is 0.481 e. The Kier molecular flexibility index (Phi) is 14.8. The fourth-order valence-corrected chi connectivity index (χ4v) is 1.50. The molecule has 17 heavy (non-hydrogen) atoms. The van der Waals surface area contributed by atoms with Crippen molar-refractivity contribution in [1.29, 1.82) is 0 Å². The number of rotatable bonds is 4. The van der Waals surface area contributed by atoms with Gasteiger partial charge in [0.05, 0.1) is 13.0 Å². The van der Waals surface area contributed by atoms with Crippen LogP contribution in [0.2, 0.25) is 0 Å². The zero-order valence-corrected chi connectivity index (χ0v) is 12.0. The normalized spacial score (nSPS) is 18.8. The highest BCUT2D eigenvalue weighted by atomic mass is 16.5. The zero-order chi connectivity index (χ0) is 13.7. The molecule has 0 aliphatic carbocycles. The molecule has 1 rings (SSSR count). The summed E-state index contributed by atoms with van der Waals surface area (Å²) in [6, 6.07) is 0. The lowest BCUT2D eigenvalue weighted by molar-refractivity contribution is -0.137. The highest BCUT2D eigenvalue weighted by Crippen LogP contribution is 2.13. The van der Waals surface area contributed by atoms with Crippen LogP contribution in [0.4, 0.5) is 0 Å². The predicted octanol–water partition coefficient (Wildman–Crippen LogP) is 2.48. The molecule has 1 aliphatic heterocycles. The second kappa shape index (κ2) is 13.5. The summed E-state index contributed by atoms with van der Waals surface area (Å²) in [6.45, 7) is 12.8. The van der Waals surface area contributed by atoms with E-state index >= 15 is 0 Å². The van der Waals surface area contributed by atoms with Crippen LogP contribution < -0.4 is 0 Å².